The molecule has 72 valence electrons. The Kier molecular flexibility index (Phi) is 3.75. The Morgan fingerprint density at radius 2 is 2.46 bits per heavy atom. The molecule has 1 unspecified atom stereocenters. The van der Waals surface area contributed by atoms with E-state index in [2.05, 4.69) is 5.32 Å². The van der Waals surface area contributed by atoms with Crippen molar-refractivity contribution in [1.82, 2.24) is 5.32 Å². The molecule has 0 aliphatic heterocycles. The number of aryl methyl sites for hydroxylation is 1. The van der Waals surface area contributed by atoms with Gasteiger partial charge in [-0.15, -0.1) is 22.9 Å². The zero-order valence-electron chi connectivity index (χ0n) is 7.63. The number of halogens is 1. The van der Waals surface area contributed by atoms with Gasteiger partial charge in [-0.25, -0.2) is 0 Å². The Labute approximate surface area is 86.9 Å². The molecule has 0 aliphatic carbocycles. The molecule has 0 aliphatic rings. The number of amides is 1. The number of carbonyl (C=O) groups excluding carboxylic acids is 1. The third kappa shape index (κ3) is 2.71. The van der Waals surface area contributed by atoms with Crippen molar-refractivity contribution in [2.45, 2.75) is 19.9 Å². The van der Waals surface area contributed by atoms with Gasteiger partial charge in [0, 0.05) is 11.9 Å². The molecule has 1 heterocycles. The van der Waals surface area contributed by atoms with E-state index in [1.165, 1.54) is 11.3 Å². The van der Waals surface area contributed by atoms with Gasteiger partial charge < -0.3 is 5.32 Å². The van der Waals surface area contributed by atoms with Crippen molar-refractivity contribution in [3.8, 4) is 0 Å². The Morgan fingerprint density at radius 1 is 1.77 bits per heavy atom. The molecule has 1 N–H and O–H groups in total. The first-order valence-corrected chi connectivity index (χ1v) is 5.47. The van der Waals surface area contributed by atoms with Gasteiger partial charge in [-0.05, 0) is 30.9 Å². The summed E-state index contributed by atoms with van der Waals surface area (Å²) in [6.07, 6.45) is 0. The molecule has 0 aromatic carbocycles. The van der Waals surface area contributed by atoms with Crippen molar-refractivity contribution in [2.24, 2.45) is 0 Å². The number of hydrogen-bond donors (Lipinski definition) is 1. The van der Waals surface area contributed by atoms with Gasteiger partial charge in [-0.2, -0.15) is 0 Å². The summed E-state index contributed by atoms with van der Waals surface area (Å²) in [4.78, 5) is 12.3. The molecule has 0 radical (unpaired) electrons. The Bertz CT molecular complexity index is 298. The third-order valence-corrected chi connectivity index (χ3v) is 3.16. The van der Waals surface area contributed by atoms with E-state index in [-0.39, 0.29) is 11.9 Å². The zero-order chi connectivity index (χ0) is 9.84. The summed E-state index contributed by atoms with van der Waals surface area (Å²) in [5.41, 5.74) is 1.02. The minimum Gasteiger partial charge on any atom is -0.348 e. The fourth-order valence-corrected chi connectivity index (χ4v) is 1.84. The second kappa shape index (κ2) is 4.63. The van der Waals surface area contributed by atoms with Crippen molar-refractivity contribution < 1.29 is 4.79 Å². The van der Waals surface area contributed by atoms with E-state index in [9.17, 15) is 4.79 Å². The molecule has 13 heavy (non-hydrogen) atoms. The van der Waals surface area contributed by atoms with Gasteiger partial charge >= 0.3 is 0 Å². The summed E-state index contributed by atoms with van der Waals surface area (Å²) in [6.45, 7) is 3.81. The van der Waals surface area contributed by atoms with Crippen molar-refractivity contribution in [3.05, 3.63) is 21.9 Å². The van der Waals surface area contributed by atoms with Crippen molar-refractivity contribution in [1.29, 1.82) is 0 Å². The lowest BCUT2D eigenvalue weighted by molar-refractivity contribution is 0.0947. The summed E-state index contributed by atoms with van der Waals surface area (Å²) in [6, 6.07) is 1.96. The summed E-state index contributed by atoms with van der Waals surface area (Å²) in [5.74, 6) is 0.413. The Morgan fingerprint density at radius 3 is 2.92 bits per heavy atom. The number of nitrogens with one attached hydrogen (secondary N) is 1. The number of thiophene rings is 1. The van der Waals surface area contributed by atoms with E-state index >= 15 is 0 Å². The van der Waals surface area contributed by atoms with Crippen molar-refractivity contribution in [2.75, 3.05) is 5.88 Å². The lowest BCUT2D eigenvalue weighted by Gasteiger charge is -2.09. The highest BCUT2D eigenvalue weighted by atomic mass is 35.5. The van der Waals surface area contributed by atoms with E-state index in [1.807, 2.05) is 25.3 Å². The van der Waals surface area contributed by atoms with Gasteiger partial charge in [-0.1, -0.05) is 0 Å². The molecule has 0 saturated carbocycles. The normalized spacial score (nSPS) is 12.5. The molecule has 0 spiro atoms. The van der Waals surface area contributed by atoms with Gasteiger partial charge in [0.1, 0.15) is 0 Å². The first kappa shape index (κ1) is 10.5. The first-order valence-electron chi connectivity index (χ1n) is 4.06. The van der Waals surface area contributed by atoms with Crippen LogP contribution in [-0.2, 0) is 0 Å². The van der Waals surface area contributed by atoms with E-state index in [0.717, 1.165) is 10.4 Å². The van der Waals surface area contributed by atoms with Crippen LogP contribution in [0.25, 0.3) is 0 Å². The average Bonchev–Trinajstić information content (AvgIpc) is 2.51. The average molecular weight is 218 g/mol. The van der Waals surface area contributed by atoms with Crippen LogP contribution in [0.3, 0.4) is 0 Å². The molecule has 0 fully saturated rings. The summed E-state index contributed by atoms with van der Waals surface area (Å²) in [7, 11) is 0. The minimum absolute atomic E-state index is 0.0238. The second-order valence-electron chi connectivity index (χ2n) is 2.96. The Hall–Kier alpha value is -0.540. The van der Waals surface area contributed by atoms with Crippen LogP contribution >= 0.6 is 22.9 Å². The summed E-state index contributed by atoms with van der Waals surface area (Å²) < 4.78 is 0. The molecule has 1 aromatic heterocycles. The van der Waals surface area contributed by atoms with E-state index < -0.39 is 0 Å². The molecule has 0 saturated heterocycles. The van der Waals surface area contributed by atoms with Crippen LogP contribution < -0.4 is 5.32 Å². The first-order chi connectivity index (χ1) is 6.15. The minimum atomic E-state index is -0.0272. The predicted octanol–water partition coefficient (Wildman–Crippen LogP) is 2.41. The van der Waals surface area contributed by atoms with Crippen LogP contribution in [0.4, 0.5) is 0 Å². The fourth-order valence-electron chi connectivity index (χ4n) is 0.933. The van der Waals surface area contributed by atoms with E-state index in [1.54, 1.807) is 0 Å². The van der Waals surface area contributed by atoms with Crippen LogP contribution in [0.15, 0.2) is 11.4 Å². The number of hydrogen-bond acceptors (Lipinski definition) is 2. The second-order valence-corrected chi connectivity index (χ2v) is 4.19. The van der Waals surface area contributed by atoms with Gasteiger partial charge in [0.2, 0.25) is 0 Å². The molecular formula is C9H12ClNOS. The van der Waals surface area contributed by atoms with Crippen LogP contribution in [0, 0.1) is 6.92 Å². The Balaban J connectivity index is 2.64. The van der Waals surface area contributed by atoms with Gasteiger partial charge in [0.15, 0.2) is 0 Å². The van der Waals surface area contributed by atoms with Crippen LogP contribution in [0.2, 0.25) is 0 Å². The maximum atomic E-state index is 11.5. The topological polar surface area (TPSA) is 29.1 Å². The lowest BCUT2D eigenvalue weighted by Crippen LogP contribution is -2.33. The molecule has 1 rings (SSSR count). The third-order valence-electron chi connectivity index (χ3n) is 1.68. The number of rotatable bonds is 3. The maximum absolute atomic E-state index is 11.5. The molecular weight excluding hydrogens is 206 g/mol. The molecule has 0 bridgehead atoms. The highest BCUT2D eigenvalue weighted by Crippen LogP contribution is 2.15. The summed E-state index contributed by atoms with van der Waals surface area (Å²) in [5, 5.41) is 4.72. The van der Waals surface area contributed by atoms with Gasteiger partial charge in [-0.3, -0.25) is 4.79 Å². The smallest absolute Gasteiger partial charge is 0.261 e. The van der Waals surface area contributed by atoms with Crippen LogP contribution in [0.5, 0.6) is 0 Å². The molecule has 1 atom stereocenters. The zero-order valence-corrected chi connectivity index (χ0v) is 9.21. The fraction of sp³-hybridized carbons (Fsp3) is 0.444. The summed E-state index contributed by atoms with van der Waals surface area (Å²) >= 11 is 7.04. The van der Waals surface area contributed by atoms with E-state index in [0.29, 0.717) is 5.88 Å². The maximum Gasteiger partial charge on any atom is 0.261 e. The van der Waals surface area contributed by atoms with Crippen LogP contribution in [0.1, 0.15) is 22.2 Å². The molecule has 1 amide bonds. The SMILES string of the molecule is Cc1ccsc1C(=O)NC(C)CCl. The van der Waals surface area contributed by atoms with Crippen LogP contribution in [-0.4, -0.2) is 17.8 Å². The molecule has 1 aromatic rings. The molecule has 2 nitrogen and oxygen atoms in total. The quantitative estimate of drug-likeness (QED) is 0.775. The van der Waals surface area contributed by atoms with Gasteiger partial charge in [0.05, 0.1) is 4.88 Å². The van der Waals surface area contributed by atoms with Gasteiger partial charge in [0.25, 0.3) is 5.91 Å². The monoisotopic (exact) mass is 217 g/mol. The van der Waals surface area contributed by atoms with E-state index in [4.69, 9.17) is 11.6 Å². The highest BCUT2D eigenvalue weighted by molar-refractivity contribution is 7.12. The number of alkyl halides is 1. The number of carbonyl (C=O) groups is 1. The van der Waals surface area contributed by atoms with Crippen molar-refractivity contribution in [3.63, 3.8) is 0 Å². The highest BCUT2D eigenvalue weighted by Gasteiger charge is 2.11. The molecule has 4 heteroatoms. The van der Waals surface area contributed by atoms with Crippen molar-refractivity contribution >= 4 is 28.8 Å². The predicted molar refractivity (Wildman–Crippen MR) is 56.7 cm³/mol. The lowest BCUT2D eigenvalue weighted by atomic mass is 10.2. The standard InChI is InChI=1S/C9H12ClNOS/c1-6-3-4-13-8(6)9(12)11-7(2)5-10/h3-4,7H,5H2,1-2H3,(H,11,12). The largest absolute Gasteiger partial charge is 0.348 e.